The summed E-state index contributed by atoms with van der Waals surface area (Å²) in [5.41, 5.74) is 1.52. The fourth-order valence-electron chi connectivity index (χ4n) is 1.82. The fourth-order valence-corrected chi connectivity index (χ4v) is 4.37. The Morgan fingerprint density at radius 2 is 1.95 bits per heavy atom. The molecule has 1 aromatic carbocycles. The van der Waals surface area contributed by atoms with Crippen molar-refractivity contribution in [2.45, 2.75) is 25.3 Å². The molecule has 0 radical (unpaired) electrons. The molecule has 1 heterocycles. The number of rotatable bonds is 6. The zero-order valence-electron chi connectivity index (χ0n) is 11.5. The maximum Gasteiger partial charge on any atom is 0.263 e. The smallest absolute Gasteiger partial charge is 0.263 e. The first kappa shape index (κ1) is 15.0. The lowest BCUT2D eigenvalue weighted by molar-refractivity contribution is 0.599. The van der Waals surface area contributed by atoms with Crippen LogP contribution in [0.1, 0.15) is 17.4 Å². The maximum atomic E-state index is 12.5. The highest BCUT2D eigenvalue weighted by Crippen LogP contribution is 2.25. The minimum absolute atomic E-state index is 0.353. The highest BCUT2D eigenvalue weighted by Gasteiger charge is 2.20. The summed E-state index contributed by atoms with van der Waals surface area (Å²) in [5.74, 6) is 0. The number of anilines is 1. The van der Waals surface area contributed by atoms with Gasteiger partial charge in [0.1, 0.15) is 4.90 Å². The predicted molar refractivity (Wildman–Crippen MR) is 83.7 cm³/mol. The zero-order chi connectivity index (χ0) is 14.6. The molecule has 0 unspecified atom stereocenters. The Kier molecular flexibility index (Phi) is 4.80. The monoisotopic (exact) mass is 310 g/mol. The third-order valence-corrected chi connectivity index (χ3v) is 5.42. The van der Waals surface area contributed by atoms with Crippen molar-refractivity contribution in [2.24, 2.45) is 0 Å². The van der Waals surface area contributed by atoms with Gasteiger partial charge in [0.15, 0.2) is 0 Å². The minimum Gasteiger partial charge on any atom is -0.312 e. The molecule has 1 aromatic heterocycles. The van der Waals surface area contributed by atoms with Crippen molar-refractivity contribution in [3.05, 3.63) is 46.2 Å². The van der Waals surface area contributed by atoms with Crippen LogP contribution < -0.4 is 10.0 Å². The van der Waals surface area contributed by atoms with Crippen molar-refractivity contribution in [1.82, 2.24) is 5.32 Å². The highest BCUT2D eigenvalue weighted by atomic mass is 32.2. The normalized spacial score (nSPS) is 11.5. The molecule has 2 N–H and O–H groups in total. The number of thiophene rings is 1. The molecule has 2 rings (SSSR count). The summed E-state index contributed by atoms with van der Waals surface area (Å²) in [5, 5.41) is 4.96. The van der Waals surface area contributed by atoms with Gasteiger partial charge in [-0.25, -0.2) is 8.42 Å². The van der Waals surface area contributed by atoms with E-state index in [0.717, 1.165) is 17.0 Å². The van der Waals surface area contributed by atoms with E-state index in [4.69, 9.17) is 0 Å². The summed E-state index contributed by atoms with van der Waals surface area (Å²) < 4.78 is 27.6. The summed E-state index contributed by atoms with van der Waals surface area (Å²) >= 11 is 1.45. The molecule has 4 nitrogen and oxygen atoms in total. The Bertz CT molecular complexity index is 678. The first-order valence-corrected chi connectivity index (χ1v) is 8.76. The van der Waals surface area contributed by atoms with Crippen LogP contribution in [0.25, 0.3) is 0 Å². The number of hydrogen-bond acceptors (Lipinski definition) is 4. The fraction of sp³-hybridized carbons (Fsp3) is 0.286. The third-order valence-electron chi connectivity index (χ3n) is 2.92. The van der Waals surface area contributed by atoms with E-state index in [1.807, 2.05) is 32.0 Å². The Balaban J connectivity index is 2.27. The summed E-state index contributed by atoms with van der Waals surface area (Å²) in [4.78, 5) is 1.18. The van der Waals surface area contributed by atoms with E-state index in [-0.39, 0.29) is 0 Å². The molecular weight excluding hydrogens is 292 g/mol. The average Bonchev–Trinajstić information content (AvgIpc) is 2.88. The summed E-state index contributed by atoms with van der Waals surface area (Å²) in [6.45, 7) is 5.25. The Labute approximate surface area is 123 Å². The van der Waals surface area contributed by atoms with Crippen LogP contribution >= 0.6 is 11.3 Å². The average molecular weight is 310 g/mol. The molecule has 0 aliphatic heterocycles. The van der Waals surface area contributed by atoms with Gasteiger partial charge in [-0.05, 0) is 36.5 Å². The summed E-state index contributed by atoms with van der Waals surface area (Å²) in [6.07, 6.45) is 0. The molecule has 0 saturated carbocycles. The Morgan fingerprint density at radius 3 is 2.65 bits per heavy atom. The van der Waals surface area contributed by atoms with Gasteiger partial charge in [0, 0.05) is 11.4 Å². The number of sulfonamides is 1. The van der Waals surface area contributed by atoms with E-state index in [9.17, 15) is 8.42 Å². The van der Waals surface area contributed by atoms with Crippen molar-refractivity contribution >= 4 is 27.0 Å². The van der Waals surface area contributed by atoms with Crippen molar-refractivity contribution in [3.8, 4) is 0 Å². The molecule has 0 amide bonds. The molecule has 0 aliphatic carbocycles. The lowest BCUT2D eigenvalue weighted by Crippen LogP contribution is -2.17. The number of para-hydroxylation sites is 1. The molecule has 0 spiro atoms. The molecule has 108 valence electrons. The van der Waals surface area contributed by atoms with Crippen molar-refractivity contribution < 1.29 is 8.42 Å². The van der Waals surface area contributed by atoms with Crippen molar-refractivity contribution in [3.63, 3.8) is 0 Å². The number of benzene rings is 1. The number of aryl methyl sites for hydroxylation is 1. The van der Waals surface area contributed by atoms with Gasteiger partial charge in [-0.3, -0.25) is 4.72 Å². The molecule has 0 aliphatic rings. The second kappa shape index (κ2) is 6.39. The van der Waals surface area contributed by atoms with E-state index >= 15 is 0 Å². The van der Waals surface area contributed by atoms with E-state index < -0.39 is 10.0 Å². The highest BCUT2D eigenvalue weighted by molar-refractivity contribution is 7.93. The molecule has 20 heavy (non-hydrogen) atoms. The summed E-state index contributed by atoms with van der Waals surface area (Å²) in [6, 6.07) is 9.00. The Hall–Kier alpha value is -1.37. The van der Waals surface area contributed by atoms with Gasteiger partial charge >= 0.3 is 0 Å². The van der Waals surface area contributed by atoms with Crippen LogP contribution in [-0.2, 0) is 16.6 Å². The lowest BCUT2D eigenvalue weighted by atomic mass is 10.2. The second-order valence-electron chi connectivity index (χ2n) is 4.41. The van der Waals surface area contributed by atoms with Crippen LogP contribution in [-0.4, -0.2) is 15.0 Å². The topological polar surface area (TPSA) is 58.2 Å². The van der Waals surface area contributed by atoms with Crippen LogP contribution in [0.2, 0.25) is 0 Å². The van der Waals surface area contributed by atoms with Crippen LogP contribution in [0.3, 0.4) is 0 Å². The summed E-state index contributed by atoms with van der Waals surface area (Å²) in [7, 11) is -3.53. The van der Waals surface area contributed by atoms with E-state index in [1.165, 1.54) is 11.3 Å². The molecule has 2 aromatic rings. The minimum atomic E-state index is -3.53. The van der Waals surface area contributed by atoms with E-state index in [2.05, 4.69) is 10.0 Å². The van der Waals surface area contributed by atoms with Crippen molar-refractivity contribution in [2.75, 3.05) is 11.3 Å². The standard InChI is InChI=1S/C14H18N2O2S2/c1-3-15-10-13-14(8-9-19-13)20(17,18)16-12-7-5-4-6-11(12)2/h4-9,15-16H,3,10H2,1-2H3. The van der Waals surface area contributed by atoms with Crippen LogP contribution in [0.15, 0.2) is 40.6 Å². The van der Waals surface area contributed by atoms with Crippen LogP contribution in [0, 0.1) is 6.92 Å². The molecule has 0 bridgehead atoms. The Morgan fingerprint density at radius 1 is 1.20 bits per heavy atom. The molecule has 0 fully saturated rings. The van der Waals surface area contributed by atoms with Crippen LogP contribution in [0.5, 0.6) is 0 Å². The van der Waals surface area contributed by atoms with E-state index in [1.54, 1.807) is 17.5 Å². The van der Waals surface area contributed by atoms with Gasteiger partial charge in [0.2, 0.25) is 0 Å². The number of hydrogen-bond donors (Lipinski definition) is 2. The SMILES string of the molecule is CCNCc1sccc1S(=O)(=O)Nc1ccccc1C. The molecule has 6 heteroatoms. The van der Waals surface area contributed by atoms with Gasteiger partial charge in [0.05, 0.1) is 5.69 Å². The third kappa shape index (κ3) is 3.39. The second-order valence-corrected chi connectivity index (χ2v) is 7.06. The van der Waals surface area contributed by atoms with Gasteiger partial charge in [0.25, 0.3) is 10.0 Å². The van der Waals surface area contributed by atoms with Gasteiger partial charge in [-0.1, -0.05) is 25.1 Å². The molecule has 0 saturated heterocycles. The first-order chi connectivity index (χ1) is 9.54. The van der Waals surface area contributed by atoms with Gasteiger partial charge in [-0.2, -0.15) is 0 Å². The first-order valence-electron chi connectivity index (χ1n) is 6.40. The van der Waals surface area contributed by atoms with E-state index in [0.29, 0.717) is 17.1 Å². The largest absolute Gasteiger partial charge is 0.312 e. The number of nitrogens with one attached hydrogen (secondary N) is 2. The van der Waals surface area contributed by atoms with Gasteiger partial charge in [-0.15, -0.1) is 11.3 Å². The quantitative estimate of drug-likeness (QED) is 0.862. The molecular formula is C14H18N2O2S2. The molecule has 0 atom stereocenters. The van der Waals surface area contributed by atoms with Gasteiger partial charge < -0.3 is 5.32 Å². The zero-order valence-corrected chi connectivity index (χ0v) is 13.1. The maximum absolute atomic E-state index is 12.5. The van der Waals surface area contributed by atoms with Crippen LogP contribution in [0.4, 0.5) is 5.69 Å². The van der Waals surface area contributed by atoms with Crippen molar-refractivity contribution in [1.29, 1.82) is 0 Å². The predicted octanol–water partition coefficient (Wildman–Crippen LogP) is 2.97. The lowest BCUT2D eigenvalue weighted by Gasteiger charge is -2.11.